The number of halogens is 1. The summed E-state index contributed by atoms with van der Waals surface area (Å²) >= 11 is 5.81. The van der Waals surface area contributed by atoms with Crippen LogP contribution in [0.4, 0.5) is 11.5 Å². The smallest absolute Gasteiger partial charge is 0.348 e. The topological polar surface area (TPSA) is 75.4 Å². The van der Waals surface area contributed by atoms with Crippen molar-refractivity contribution in [1.29, 1.82) is 0 Å². The number of hydrogen-bond donors (Lipinski definition) is 0. The summed E-state index contributed by atoms with van der Waals surface area (Å²) in [5.74, 6) is 0.713. The molecule has 1 aromatic heterocycles. The van der Waals surface area contributed by atoms with Crippen LogP contribution < -0.4 is 4.90 Å². The van der Waals surface area contributed by atoms with Gasteiger partial charge in [-0.3, -0.25) is 10.1 Å². The Morgan fingerprint density at radius 2 is 2.16 bits per heavy atom. The summed E-state index contributed by atoms with van der Waals surface area (Å²) < 4.78 is 0. The van der Waals surface area contributed by atoms with Gasteiger partial charge in [-0.1, -0.05) is 18.5 Å². The Balaban J connectivity index is 2.34. The van der Waals surface area contributed by atoms with Crippen molar-refractivity contribution in [3.8, 4) is 0 Å². The Kier molecular flexibility index (Phi) is 3.86. The highest BCUT2D eigenvalue weighted by molar-refractivity contribution is 6.31. The summed E-state index contributed by atoms with van der Waals surface area (Å²) in [7, 11) is 4.01. The molecule has 2 unspecified atom stereocenters. The minimum absolute atomic E-state index is 0.115. The number of anilines is 1. The largest absolute Gasteiger partial charge is 0.349 e. The zero-order chi connectivity index (χ0) is 14.2. The molecule has 1 aliphatic rings. The summed E-state index contributed by atoms with van der Waals surface area (Å²) in [4.78, 5) is 22.3. The second-order valence-electron chi connectivity index (χ2n) is 5.01. The maximum atomic E-state index is 11.1. The van der Waals surface area contributed by atoms with E-state index in [1.807, 2.05) is 19.0 Å². The predicted octanol–water partition coefficient (Wildman–Crippen LogP) is 1.42. The van der Waals surface area contributed by atoms with E-state index < -0.39 is 4.92 Å². The predicted molar refractivity (Wildman–Crippen MR) is 72.5 cm³/mol. The highest BCUT2D eigenvalue weighted by atomic mass is 35.5. The third kappa shape index (κ3) is 2.62. The quantitative estimate of drug-likeness (QED) is 0.475. The third-order valence-electron chi connectivity index (χ3n) is 3.48. The molecule has 7 nitrogen and oxygen atoms in total. The molecule has 1 aromatic rings. The second kappa shape index (κ2) is 5.26. The van der Waals surface area contributed by atoms with E-state index in [9.17, 15) is 10.1 Å². The molecule has 2 rings (SSSR count). The van der Waals surface area contributed by atoms with Crippen LogP contribution in [-0.2, 0) is 0 Å². The van der Waals surface area contributed by atoms with Crippen LogP contribution in [0.3, 0.4) is 0 Å². The molecule has 1 aliphatic heterocycles. The minimum Gasteiger partial charge on any atom is -0.349 e. The minimum atomic E-state index is -0.522. The van der Waals surface area contributed by atoms with Gasteiger partial charge in [0.2, 0.25) is 11.0 Å². The van der Waals surface area contributed by atoms with Crippen molar-refractivity contribution in [3.63, 3.8) is 0 Å². The number of nitro groups is 1. The van der Waals surface area contributed by atoms with Gasteiger partial charge in [0.15, 0.2) is 0 Å². The number of hydrogen-bond acceptors (Lipinski definition) is 6. The molecule has 0 radical (unpaired) electrons. The Morgan fingerprint density at radius 1 is 1.47 bits per heavy atom. The van der Waals surface area contributed by atoms with E-state index in [4.69, 9.17) is 11.6 Å². The lowest BCUT2D eigenvalue weighted by Gasteiger charge is -2.22. The van der Waals surface area contributed by atoms with Crippen LogP contribution in [0.25, 0.3) is 0 Å². The van der Waals surface area contributed by atoms with Crippen molar-refractivity contribution >= 4 is 23.1 Å². The van der Waals surface area contributed by atoms with E-state index in [1.54, 1.807) is 0 Å². The zero-order valence-corrected chi connectivity index (χ0v) is 11.8. The van der Waals surface area contributed by atoms with Crippen LogP contribution >= 0.6 is 11.6 Å². The van der Waals surface area contributed by atoms with Crippen molar-refractivity contribution in [3.05, 3.63) is 21.6 Å². The number of aromatic nitrogens is 2. The zero-order valence-electron chi connectivity index (χ0n) is 11.1. The summed E-state index contributed by atoms with van der Waals surface area (Å²) in [5, 5.41) is 11.0. The van der Waals surface area contributed by atoms with Gasteiger partial charge in [0, 0.05) is 19.1 Å². The van der Waals surface area contributed by atoms with Crippen molar-refractivity contribution in [2.24, 2.45) is 5.92 Å². The van der Waals surface area contributed by atoms with E-state index in [-0.39, 0.29) is 10.8 Å². The van der Waals surface area contributed by atoms with Gasteiger partial charge < -0.3 is 9.80 Å². The molecular weight excluding hydrogens is 270 g/mol. The molecule has 2 atom stereocenters. The van der Waals surface area contributed by atoms with Gasteiger partial charge in [0.1, 0.15) is 6.33 Å². The van der Waals surface area contributed by atoms with E-state index >= 15 is 0 Å². The lowest BCUT2D eigenvalue weighted by Crippen LogP contribution is -2.34. The van der Waals surface area contributed by atoms with Gasteiger partial charge in [-0.05, 0) is 20.0 Å². The molecule has 1 fully saturated rings. The van der Waals surface area contributed by atoms with Gasteiger partial charge in [-0.15, -0.1) is 0 Å². The fraction of sp³-hybridized carbons (Fsp3) is 0.636. The van der Waals surface area contributed by atoms with E-state index in [0.717, 1.165) is 6.54 Å². The Hall–Kier alpha value is -1.47. The van der Waals surface area contributed by atoms with E-state index in [2.05, 4.69) is 21.8 Å². The van der Waals surface area contributed by atoms with Gasteiger partial charge in [0.25, 0.3) is 0 Å². The lowest BCUT2D eigenvalue weighted by atomic mass is 10.1. The van der Waals surface area contributed by atoms with Gasteiger partial charge in [0.05, 0.1) is 4.92 Å². The maximum Gasteiger partial charge on any atom is 0.348 e. The fourth-order valence-electron chi connectivity index (χ4n) is 2.53. The van der Waals surface area contributed by atoms with Crippen molar-refractivity contribution in [2.75, 3.05) is 32.1 Å². The van der Waals surface area contributed by atoms with Gasteiger partial charge >= 0.3 is 5.69 Å². The van der Waals surface area contributed by atoms with Crippen LogP contribution in [0.2, 0.25) is 5.15 Å². The first-order chi connectivity index (χ1) is 8.91. The number of likely N-dealkylation sites (N-methyl/N-ethyl adjacent to an activating group) is 1. The second-order valence-corrected chi connectivity index (χ2v) is 5.37. The first-order valence-corrected chi connectivity index (χ1v) is 6.36. The maximum absolute atomic E-state index is 11.1. The first kappa shape index (κ1) is 14.0. The van der Waals surface area contributed by atoms with Crippen molar-refractivity contribution in [2.45, 2.75) is 13.0 Å². The molecule has 2 heterocycles. The van der Waals surface area contributed by atoms with Crippen LogP contribution in [0.15, 0.2) is 6.33 Å². The Bertz CT molecular complexity index is 496. The van der Waals surface area contributed by atoms with E-state index in [1.165, 1.54) is 6.33 Å². The van der Waals surface area contributed by atoms with Crippen LogP contribution in [0.5, 0.6) is 0 Å². The molecule has 0 spiro atoms. The molecule has 0 saturated carbocycles. The molecule has 1 saturated heterocycles. The monoisotopic (exact) mass is 285 g/mol. The first-order valence-electron chi connectivity index (χ1n) is 5.98. The summed E-state index contributed by atoms with van der Waals surface area (Å²) in [5.41, 5.74) is -0.212. The molecule has 0 amide bonds. The summed E-state index contributed by atoms with van der Waals surface area (Å²) in [6, 6.07) is 0.341. The number of nitrogens with zero attached hydrogens (tertiary/aromatic N) is 5. The van der Waals surface area contributed by atoms with Crippen LogP contribution in [0, 0.1) is 16.0 Å². The van der Waals surface area contributed by atoms with Gasteiger partial charge in [-0.25, -0.2) is 9.97 Å². The number of rotatable bonds is 3. The molecule has 0 bridgehead atoms. The SMILES string of the molecule is CC1CN(c2ncnc(Cl)c2[N+](=O)[O-])CC1N(C)C. The molecule has 19 heavy (non-hydrogen) atoms. The molecule has 0 aromatic carbocycles. The average Bonchev–Trinajstić information content (AvgIpc) is 2.70. The van der Waals surface area contributed by atoms with Crippen molar-refractivity contribution < 1.29 is 4.92 Å². The van der Waals surface area contributed by atoms with Crippen LogP contribution in [-0.4, -0.2) is 53.0 Å². The molecule has 0 aliphatic carbocycles. The molecule has 0 N–H and O–H groups in total. The standard InChI is InChI=1S/C11H16ClN5O2/c1-7-4-16(5-8(7)15(2)3)11-9(17(18)19)10(12)13-6-14-11/h6-8H,4-5H2,1-3H3. The average molecular weight is 286 g/mol. The third-order valence-corrected chi connectivity index (χ3v) is 3.75. The normalized spacial score (nSPS) is 23.1. The highest BCUT2D eigenvalue weighted by Gasteiger charge is 2.36. The lowest BCUT2D eigenvalue weighted by molar-refractivity contribution is -0.384. The van der Waals surface area contributed by atoms with Crippen molar-refractivity contribution in [1.82, 2.24) is 14.9 Å². The van der Waals surface area contributed by atoms with Crippen LogP contribution in [0.1, 0.15) is 6.92 Å². The highest BCUT2D eigenvalue weighted by Crippen LogP contribution is 2.34. The van der Waals surface area contributed by atoms with E-state index in [0.29, 0.717) is 24.3 Å². The summed E-state index contributed by atoms with van der Waals surface area (Å²) in [6.07, 6.45) is 1.26. The molecular formula is C11H16ClN5O2. The Labute approximate surface area is 116 Å². The molecule has 104 valence electrons. The summed E-state index contributed by atoms with van der Waals surface area (Å²) in [6.45, 7) is 3.54. The Morgan fingerprint density at radius 3 is 2.68 bits per heavy atom. The van der Waals surface area contributed by atoms with Gasteiger partial charge in [-0.2, -0.15) is 0 Å². The molecule has 8 heteroatoms. The fourth-order valence-corrected chi connectivity index (χ4v) is 2.73.